The lowest BCUT2D eigenvalue weighted by Crippen LogP contribution is -1.84. The molecule has 0 saturated heterocycles. The van der Waals surface area contributed by atoms with Gasteiger partial charge in [0.2, 0.25) is 5.76 Å². The van der Waals surface area contributed by atoms with Crippen molar-refractivity contribution in [3.8, 4) is 11.5 Å². The maximum Gasteiger partial charge on any atom is 0.205 e. The highest BCUT2D eigenvalue weighted by Crippen LogP contribution is 2.28. The van der Waals surface area contributed by atoms with E-state index in [0.29, 0.717) is 22.7 Å². The van der Waals surface area contributed by atoms with Crippen molar-refractivity contribution in [1.82, 2.24) is 10.1 Å². The first-order chi connectivity index (χ1) is 7.74. The first kappa shape index (κ1) is 8.96. The van der Waals surface area contributed by atoms with E-state index in [1.807, 2.05) is 6.07 Å². The number of benzene rings is 1. The Labute approximate surface area is 89.9 Å². The van der Waals surface area contributed by atoms with Gasteiger partial charge in [-0.2, -0.15) is 0 Å². The molecule has 3 aromatic rings. The molecule has 0 fully saturated rings. The van der Waals surface area contributed by atoms with Gasteiger partial charge in [0.1, 0.15) is 11.5 Å². The zero-order valence-corrected chi connectivity index (χ0v) is 8.20. The Hall–Kier alpha value is -2.30. The molecule has 0 aliphatic heterocycles. The molecule has 2 heterocycles. The molecule has 0 aliphatic rings. The SMILES string of the molecule is Nc1cnoc1-c1cc2ccc(F)cc2[nH]1. The van der Waals surface area contributed by atoms with Crippen LogP contribution in [-0.4, -0.2) is 10.1 Å². The molecule has 4 nitrogen and oxygen atoms in total. The molecule has 5 heteroatoms. The van der Waals surface area contributed by atoms with E-state index in [1.54, 1.807) is 6.07 Å². The second-order valence-electron chi connectivity index (χ2n) is 3.52. The van der Waals surface area contributed by atoms with Crippen LogP contribution in [-0.2, 0) is 0 Å². The monoisotopic (exact) mass is 217 g/mol. The Morgan fingerprint density at radius 2 is 2.19 bits per heavy atom. The minimum atomic E-state index is -0.286. The molecule has 0 amide bonds. The van der Waals surface area contributed by atoms with Crippen LogP contribution in [0.5, 0.6) is 0 Å². The van der Waals surface area contributed by atoms with E-state index in [-0.39, 0.29) is 5.82 Å². The van der Waals surface area contributed by atoms with Gasteiger partial charge in [-0.25, -0.2) is 4.39 Å². The van der Waals surface area contributed by atoms with Crippen LogP contribution in [0, 0.1) is 5.82 Å². The van der Waals surface area contributed by atoms with E-state index in [0.717, 1.165) is 5.39 Å². The van der Waals surface area contributed by atoms with Crippen molar-refractivity contribution in [2.75, 3.05) is 5.73 Å². The van der Waals surface area contributed by atoms with Gasteiger partial charge in [0.25, 0.3) is 0 Å². The Kier molecular flexibility index (Phi) is 1.73. The number of nitrogens with zero attached hydrogens (tertiary/aromatic N) is 1. The first-order valence-electron chi connectivity index (χ1n) is 4.73. The molecular weight excluding hydrogens is 209 g/mol. The molecule has 3 rings (SSSR count). The van der Waals surface area contributed by atoms with Crippen molar-refractivity contribution in [2.45, 2.75) is 0 Å². The van der Waals surface area contributed by atoms with E-state index >= 15 is 0 Å². The molecule has 1 aromatic carbocycles. The lowest BCUT2D eigenvalue weighted by atomic mass is 10.2. The fourth-order valence-electron chi connectivity index (χ4n) is 1.67. The quantitative estimate of drug-likeness (QED) is 0.658. The Balaban J connectivity index is 2.23. The van der Waals surface area contributed by atoms with Crippen molar-refractivity contribution in [3.63, 3.8) is 0 Å². The van der Waals surface area contributed by atoms with Crippen molar-refractivity contribution in [2.24, 2.45) is 0 Å². The Morgan fingerprint density at radius 1 is 1.31 bits per heavy atom. The number of nitrogen functional groups attached to an aromatic ring is 1. The van der Waals surface area contributed by atoms with Crippen LogP contribution in [0.3, 0.4) is 0 Å². The van der Waals surface area contributed by atoms with Crippen LogP contribution in [0.1, 0.15) is 0 Å². The van der Waals surface area contributed by atoms with Gasteiger partial charge in [0.05, 0.1) is 11.9 Å². The van der Waals surface area contributed by atoms with Gasteiger partial charge in [-0.1, -0.05) is 5.16 Å². The summed E-state index contributed by atoms with van der Waals surface area (Å²) in [6.45, 7) is 0. The number of rotatable bonds is 1. The summed E-state index contributed by atoms with van der Waals surface area (Å²) < 4.78 is 18.0. The molecule has 0 bridgehead atoms. The number of hydrogen-bond acceptors (Lipinski definition) is 3. The van der Waals surface area contributed by atoms with Gasteiger partial charge in [-0.05, 0) is 24.3 Å². The molecule has 16 heavy (non-hydrogen) atoms. The van der Waals surface area contributed by atoms with Crippen LogP contribution >= 0.6 is 0 Å². The van der Waals surface area contributed by atoms with Gasteiger partial charge >= 0.3 is 0 Å². The third-order valence-electron chi connectivity index (χ3n) is 2.43. The number of aromatic amines is 1. The second kappa shape index (κ2) is 3.10. The van der Waals surface area contributed by atoms with Gasteiger partial charge < -0.3 is 15.2 Å². The molecule has 80 valence electrons. The minimum absolute atomic E-state index is 0.286. The number of aromatic nitrogens is 2. The lowest BCUT2D eigenvalue weighted by molar-refractivity contribution is 0.431. The zero-order valence-electron chi connectivity index (χ0n) is 8.20. The third kappa shape index (κ3) is 1.25. The molecule has 0 radical (unpaired) electrons. The van der Waals surface area contributed by atoms with Crippen molar-refractivity contribution in [1.29, 1.82) is 0 Å². The first-order valence-corrected chi connectivity index (χ1v) is 4.73. The third-order valence-corrected chi connectivity index (χ3v) is 2.43. The summed E-state index contributed by atoms with van der Waals surface area (Å²) in [4.78, 5) is 3.03. The molecule has 3 N–H and O–H groups in total. The standard InChI is InChI=1S/C11H8FN3O/c12-7-2-1-6-3-10(15-9(6)4-7)11-8(13)5-14-16-11/h1-5,15H,13H2. The van der Waals surface area contributed by atoms with Crippen molar-refractivity contribution >= 4 is 16.6 Å². The van der Waals surface area contributed by atoms with Crippen LogP contribution < -0.4 is 5.73 Å². The van der Waals surface area contributed by atoms with Gasteiger partial charge in [-0.3, -0.25) is 0 Å². The zero-order chi connectivity index (χ0) is 11.1. The summed E-state index contributed by atoms with van der Waals surface area (Å²) >= 11 is 0. The van der Waals surface area contributed by atoms with E-state index in [4.69, 9.17) is 10.3 Å². The molecule has 0 unspecified atom stereocenters. The number of nitrogens with two attached hydrogens (primary N) is 1. The highest BCUT2D eigenvalue weighted by molar-refractivity contribution is 5.86. The molecule has 2 aromatic heterocycles. The number of anilines is 1. The summed E-state index contributed by atoms with van der Waals surface area (Å²) in [5, 5.41) is 4.49. The predicted molar refractivity (Wildman–Crippen MR) is 58.2 cm³/mol. The fourth-order valence-corrected chi connectivity index (χ4v) is 1.67. The average Bonchev–Trinajstić information content (AvgIpc) is 2.82. The summed E-state index contributed by atoms with van der Waals surface area (Å²) in [6.07, 6.45) is 1.43. The molecule has 0 atom stereocenters. The van der Waals surface area contributed by atoms with Crippen molar-refractivity contribution in [3.05, 3.63) is 36.3 Å². The fraction of sp³-hybridized carbons (Fsp3) is 0. The van der Waals surface area contributed by atoms with Crippen LogP contribution in [0.15, 0.2) is 35.0 Å². The molecular formula is C11H8FN3O. The second-order valence-corrected chi connectivity index (χ2v) is 3.52. The Morgan fingerprint density at radius 3 is 2.94 bits per heavy atom. The molecule has 0 spiro atoms. The number of hydrogen-bond donors (Lipinski definition) is 2. The minimum Gasteiger partial charge on any atom is -0.394 e. The van der Waals surface area contributed by atoms with E-state index in [2.05, 4.69) is 10.1 Å². The number of fused-ring (bicyclic) bond motifs is 1. The number of nitrogens with one attached hydrogen (secondary N) is 1. The predicted octanol–water partition coefficient (Wildman–Crippen LogP) is 2.54. The smallest absolute Gasteiger partial charge is 0.205 e. The number of halogens is 1. The van der Waals surface area contributed by atoms with Crippen molar-refractivity contribution < 1.29 is 8.91 Å². The summed E-state index contributed by atoms with van der Waals surface area (Å²) in [6, 6.07) is 6.36. The maximum absolute atomic E-state index is 13.0. The molecule has 0 saturated carbocycles. The van der Waals surface area contributed by atoms with Crippen LogP contribution in [0.25, 0.3) is 22.4 Å². The molecule has 0 aliphatic carbocycles. The van der Waals surface area contributed by atoms with E-state index in [1.165, 1.54) is 18.3 Å². The van der Waals surface area contributed by atoms with Gasteiger partial charge in [0, 0.05) is 10.9 Å². The van der Waals surface area contributed by atoms with Gasteiger partial charge in [0.15, 0.2) is 0 Å². The maximum atomic E-state index is 13.0. The lowest BCUT2D eigenvalue weighted by Gasteiger charge is -1.90. The average molecular weight is 217 g/mol. The summed E-state index contributed by atoms with van der Waals surface area (Å²) in [5.41, 5.74) is 7.52. The van der Waals surface area contributed by atoms with Gasteiger partial charge in [-0.15, -0.1) is 0 Å². The van der Waals surface area contributed by atoms with E-state index in [9.17, 15) is 4.39 Å². The highest BCUT2D eigenvalue weighted by Gasteiger charge is 2.11. The largest absolute Gasteiger partial charge is 0.394 e. The summed E-state index contributed by atoms with van der Waals surface area (Å²) in [5.74, 6) is 0.183. The highest BCUT2D eigenvalue weighted by atomic mass is 19.1. The number of H-pyrrole nitrogens is 1. The topological polar surface area (TPSA) is 67.8 Å². The van der Waals surface area contributed by atoms with E-state index < -0.39 is 0 Å². The normalized spacial score (nSPS) is 11.1. The summed E-state index contributed by atoms with van der Waals surface area (Å²) in [7, 11) is 0. The van der Waals surface area contributed by atoms with Crippen LogP contribution in [0.4, 0.5) is 10.1 Å². The Bertz CT molecular complexity index is 656. The van der Waals surface area contributed by atoms with Crippen LogP contribution in [0.2, 0.25) is 0 Å².